The number of rotatable bonds is 3. The van der Waals surface area contributed by atoms with Gasteiger partial charge in [0.15, 0.2) is 5.82 Å². The van der Waals surface area contributed by atoms with Crippen molar-refractivity contribution >= 4 is 33.3 Å². The van der Waals surface area contributed by atoms with Gasteiger partial charge in [0.1, 0.15) is 4.60 Å². The molecule has 0 aliphatic carbocycles. The second kappa shape index (κ2) is 5.77. The number of amides is 1. The lowest BCUT2D eigenvalue weighted by Gasteiger charge is -2.08. The van der Waals surface area contributed by atoms with Crippen LogP contribution < -0.4 is 16.6 Å². The summed E-state index contributed by atoms with van der Waals surface area (Å²) < 4.78 is 0.611. The standard InChI is InChI=1S/C12H12BrN5O/c1-7-4-8(18-14)2-3-9(7)12(19)17-11-6-15-10(13)5-16-11/h2-6,18H,14H2,1H3,(H,16,17,19). The molecule has 2 aromatic rings. The van der Waals surface area contributed by atoms with Gasteiger partial charge in [-0.1, -0.05) is 0 Å². The zero-order valence-electron chi connectivity index (χ0n) is 10.1. The maximum atomic E-state index is 12.1. The Morgan fingerprint density at radius 2 is 2.11 bits per heavy atom. The fraction of sp³-hybridized carbons (Fsp3) is 0.0833. The van der Waals surface area contributed by atoms with Crippen LogP contribution in [-0.2, 0) is 0 Å². The predicted molar refractivity (Wildman–Crippen MR) is 76.7 cm³/mol. The van der Waals surface area contributed by atoms with Crippen LogP contribution in [0.15, 0.2) is 35.2 Å². The summed E-state index contributed by atoms with van der Waals surface area (Å²) in [5.41, 5.74) is 4.65. The molecule has 0 spiro atoms. The number of halogens is 1. The van der Waals surface area contributed by atoms with E-state index in [2.05, 4.69) is 36.6 Å². The average molecular weight is 322 g/mol. The number of carbonyl (C=O) groups excluding carboxylic acids is 1. The van der Waals surface area contributed by atoms with E-state index in [1.54, 1.807) is 18.2 Å². The van der Waals surface area contributed by atoms with E-state index in [-0.39, 0.29) is 5.91 Å². The number of anilines is 2. The summed E-state index contributed by atoms with van der Waals surface area (Å²) in [7, 11) is 0. The number of benzene rings is 1. The molecular weight excluding hydrogens is 310 g/mol. The molecule has 0 radical (unpaired) electrons. The molecule has 1 aromatic carbocycles. The van der Waals surface area contributed by atoms with E-state index >= 15 is 0 Å². The highest BCUT2D eigenvalue weighted by atomic mass is 79.9. The topological polar surface area (TPSA) is 92.9 Å². The van der Waals surface area contributed by atoms with Crippen LogP contribution in [0.5, 0.6) is 0 Å². The number of hydrazine groups is 1. The number of nitrogen functional groups attached to an aromatic ring is 1. The molecule has 0 fully saturated rings. The summed E-state index contributed by atoms with van der Waals surface area (Å²) in [4.78, 5) is 20.1. The van der Waals surface area contributed by atoms with Gasteiger partial charge >= 0.3 is 0 Å². The number of aryl methyl sites for hydroxylation is 1. The van der Waals surface area contributed by atoms with Crippen molar-refractivity contribution in [3.05, 3.63) is 46.3 Å². The van der Waals surface area contributed by atoms with Gasteiger partial charge in [-0.2, -0.15) is 0 Å². The smallest absolute Gasteiger partial charge is 0.257 e. The van der Waals surface area contributed by atoms with Gasteiger partial charge in [0.25, 0.3) is 5.91 Å². The van der Waals surface area contributed by atoms with E-state index in [0.717, 1.165) is 11.3 Å². The predicted octanol–water partition coefficient (Wildman–Crippen LogP) is 2.09. The minimum atomic E-state index is -0.238. The summed E-state index contributed by atoms with van der Waals surface area (Å²) >= 11 is 3.18. The van der Waals surface area contributed by atoms with Crippen LogP contribution in [0, 0.1) is 6.92 Å². The maximum absolute atomic E-state index is 12.1. The number of nitrogens with zero attached hydrogens (tertiary/aromatic N) is 2. The number of hydrogen-bond donors (Lipinski definition) is 3. The number of aromatic nitrogens is 2. The first-order valence-corrected chi connectivity index (χ1v) is 6.25. The lowest BCUT2D eigenvalue weighted by atomic mass is 10.1. The molecule has 0 saturated heterocycles. The fourth-order valence-electron chi connectivity index (χ4n) is 1.57. The van der Waals surface area contributed by atoms with Crippen molar-refractivity contribution in [2.75, 3.05) is 10.7 Å². The van der Waals surface area contributed by atoms with Crippen molar-refractivity contribution in [3.8, 4) is 0 Å². The normalized spacial score (nSPS) is 10.1. The van der Waals surface area contributed by atoms with Crippen molar-refractivity contribution in [2.24, 2.45) is 5.84 Å². The maximum Gasteiger partial charge on any atom is 0.257 e. The first-order chi connectivity index (χ1) is 9.10. The van der Waals surface area contributed by atoms with E-state index in [4.69, 9.17) is 5.84 Å². The van der Waals surface area contributed by atoms with Gasteiger partial charge in [0.2, 0.25) is 0 Å². The number of hydrogen-bond acceptors (Lipinski definition) is 5. The molecule has 0 atom stereocenters. The molecule has 4 N–H and O–H groups in total. The van der Waals surface area contributed by atoms with Crippen molar-refractivity contribution in [1.82, 2.24) is 9.97 Å². The van der Waals surface area contributed by atoms with Crippen LogP contribution in [0.4, 0.5) is 11.5 Å². The highest BCUT2D eigenvalue weighted by molar-refractivity contribution is 9.10. The average Bonchev–Trinajstić information content (AvgIpc) is 2.41. The SMILES string of the molecule is Cc1cc(NN)ccc1C(=O)Nc1cnc(Br)cn1. The quantitative estimate of drug-likeness (QED) is 0.594. The Hall–Kier alpha value is -1.99. The molecule has 0 aliphatic rings. The lowest BCUT2D eigenvalue weighted by molar-refractivity contribution is 0.102. The van der Waals surface area contributed by atoms with Gasteiger partial charge in [-0.05, 0) is 46.6 Å². The third-order valence-corrected chi connectivity index (χ3v) is 2.91. The third kappa shape index (κ3) is 3.27. The number of carbonyl (C=O) groups is 1. The van der Waals surface area contributed by atoms with E-state index in [0.29, 0.717) is 16.0 Å². The van der Waals surface area contributed by atoms with Gasteiger partial charge in [0.05, 0.1) is 12.4 Å². The van der Waals surface area contributed by atoms with Crippen molar-refractivity contribution < 1.29 is 4.79 Å². The molecule has 0 bridgehead atoms. The minimum Gasteiger partial charge on any atom is -0.324 e. The number of nitrogens with one attached hydrogen (secondary N) is 2. The van der Waals surface area contributed by atoms with Crippen molar-refractivity contribution in [3.63, 3.8) is 0 Å². The van der Waals surface area contributed by atoms with Crippen LogP contribution >= 0.6 is 15.9 Å². The third-order valence-electron chi connectivity index (χ3n) is 2.50. The summed E-state index contributed by atoms with van der Waals surface area (Å²) in [6, 6.07) is 5.23. The molecule has 0 unspecified atom stereocenters. The second-order valence-corrected chi connectivity index (χ2v) is 4.67. The highest BCUT2D eigenvalue weighted by Crippen LogP contribution is 2.16. The number of nitrogens with two attached hydrogens (primary N) is 1. The molecule has 98 valence electrons. The van der Waals surface area contributed by atoms with Crippen LogP contribution in [-0.4, -0.2) is 15.9 Å². The van der Waals surface area contributed by atoms with Gasteiger partial charge in [0, 0.05) is 11.3 Å². The Labute approximate surface area is 118 Å². The molecule has 1 amide bonds. The first kappa shape index (κ1) is 13.4. The molecule has 0 saturated carbocycles. The van der Waals surface area contributed by atoms with Crippen molar-refractivity contribution in [2.45, 2.75) is 6.92 Å². The molecule has 19 heavy (non-hydrogen) atoms. The molecular formula is C12H12BrN5O. The zero-order chi connectivity index (χ0) is 13.8. The van der Waals surface area contributed by atoms with Gasteiger partial charge < -0.3 is 10.7 Å². The largest absolute Gasteiger partial charge is 0.324 e. The Morgan fingerprint density at radius 1 is 1.32 bits per heavy atom. The van der Waals surface area contributed by atoms with Crippen molar-refractivity contribution in [1.29, 1.82) is 0 Å². The minimum absolute atomic E-state index is 0.238. The fourth-order valence-corrected chi connectivity index (χ4v) is 1.77. The van der Waals surface area contributed by atoms with Crippen LogP contribution in [0.2, 0.25) is 0 Å². The molecule has 7 heteroatoms. The van der Waals surface area contributed by atoms with Gasteiger partial charge in [-0.15, -0.1) is 0 Å². The monoisotopic (exact) mass is 321 g/mol. The van der Waals surface area contributed by atoms with E-state index in [9.17, 15) is 4.79 Å². The summed E-state index contributed by atoms with van der Waals surface area (Å²) in [6.07, 6.45) is 3.00. The Morgan fingerprint density at radius 3 is 2.68 bits per heavy atom. The Kier molecular flexibility index (Phi) is 4.08. The van der Waals surface area contributed by atoms with Crippen LogP contribution in [0.1, 0.15) is 15.9 Å². The Bertz CT molecular complexity index is 600. The molecule has 0 aliphatic heterocycles. The van der Waals surface area contributed by atoms with Crippen LogP contribution in [0.3, 0.4) is 0 Å². The van der Waals surface area contributed by atoms with E-state index in [1.807, 2.05) is 6.92 Å². The summed E-state index contributed by atoms with van der Waals surface area (Å²) in [6.45, 7) is 1.84. The van der Waals surface area contributed by atoms with Gasteiger partial charge in [-0.25, -0.2) is 9.97 Å². The first-order valence-electron chi connectivity index (χ1n) is 5.46. The highest BCUT2D eigenvalue weighted by Gasteiger charge is 2.10. The lowest BCUT2D eigenvalue weighted by Crippen LogP contribution is -2.15. The summed E-state index contributed by atoms with van der Waals surface area (Å²) in [5, 5.41) is 2.68. The Balaban J connectivity index is 2.18. The summed E-state index contributed by atoms with van der Waals surface area (Å²) in [5.74, 6) is 5.47. The molecule has 1 aromatic heterocycles. The second-order valence-electron chi connectivity index (χ2n) is 3.85. The zero-order valence-corrected chi connectivity index (χ0v) is 11.7. The van der Waals surface area contributed by atoms with E-state index < -0.39 is 0 Å². The molecule has 1 heterocycles. The van der Waals surface area contributed by atoms with Gasteiger partial charge in [-0.3, -0.25) is 10.6 Å². The van der Waals surface area contributed by atoms with E-state index in [1.165, 1.54) is 12.4 Å². The molecule has 2 rings (SSSR count). The van der Waals surface area contributed by atoms with Crippen LogP contribution in [0.25, 0.3) is 0 Å². The molecule has 6 nitrogen and oxygen atoms in total.